The zero-order valence-electron chi connectivity index (χ0n) is 3.13. The predicted octanol–water partition coefficient (Wildman–Crippen LogP) is 1.60. The van der Waals surface area contributed by atoms with Crippen LogP contribution in [-0.4, -0.2) is 0 Å². The first-order valence-electron chi connectivity index (χ1n) is 1.000. The molecule has 0 unspecified atom stereocenters. The van der Waals surface area contributed by atoms with Crippen LogP contribution in [0.15, 0.2) is 26.3 Å². The molecular formula is C4H8Ag. The molecule has 1 heteroatoms. The molecule has 0 rings (SSSR count). The van der Waals surface area contributed by atoms with E-state index in [-0.39, 0.29) is 22.4 Å². The van der Waals surface area contributed by atoms with E-state index < -0.39 is 0 Å². The molecule has 0 N–H and O–H groups in total. The summed E-state index contributed by atoms with van der Waals surface area (Å²) in [6, 6.07) is 0. The minimum atomic E-state index is 0. The van der Waals surface area contributed by atoms with E-state index in [2.05, 4.69) is 26.3 Å². The van der Waals surface area contributed by atoms with Gasteiger partial charge in [0.05, 0.1) is 0 Å². The van der Waals surface area contributed by atoms with Crippen molar-refractivity contribution < 1.29 is 22.4 Å². The molecule has 0 saturated heterocycles. The second-order valence-electron chi connectivity index (χ2n) is 0. The summed E-state index contributed by atoms with van der Waals surface area (Å²) >= 11 is 0. The van der Waals surface area contributed by atoms with Gasteiger partial charge in [-0.15, -0.1) is 26.3 Å². The van der Waals surface area contributed by atoms with Gasteiger partial charge in [-0.2, -0.15) is 0 Å². The van der Waals surface area contributed by atoms with Gasteiger partial charge in [-0.05, 0) is 0 Å². The van der Waals surface area contributed by atoms with E-state index >= 15 is 0 Å². The summed E-state index contributed by atoms with van der Waals surface area (Å²) in [4.78, 5) is 0. The van der Waals surface area contributed by atoms with Gasteiger partial charge < -0.3 is 0 Å². The topological polar surface area (TPSA) is 0 Å². The van der Waals surface area contributed by atoms with Crippen molar-refractivity contribution in [2.75, 3.05) is 0 Å². The molecule has 0 fully saturated rings. The van der Waals surface area contributed by atoms with Crippen LogP contribution < -0.4 is 0 Å². The Kier molecular flexibility index (Phi) is 3400. The first-order valence-corrected chi connectivity index (χ1v) is 1.000. The van der Waals surface area contributed by atoms with Crippen molar-refractivity contribution in [1.82, 2.24) is 0 Å². The van der Waals surface area contributed by atoms with E-state index in [4.69, 9.17) is 0 Å². The molecule has 0 aliphatic rings. The molecule has 0 aromatic carbocycles. The molecule has 35 valence electrons. The maximum Gasteiger partial charge on any atom is 0 e. The van der Waals surface area contributed by atoms with Crippen molar-refractivity contribution >= 4 is 0 Å². The normalized spacial score (nSPS) is 1.60. The van der Waals surface area contributed by atoms with Gasteiger partial charge in [0.25, 0.3) is 0 Å². The number of hydrogen-bond acceptors (Lipinski definition) is 0. The third-order valence-electron chi connectivity index (χ3n) is 0. The van der Waals surface area contributed by atoms with Crippen molar-refractivity contribution in [3.63, 3.8) is 0 Å². The van der Waals surface area contributed by atoms with E-state index in [0.717, 1.165) is 0 Å². The maximum atomic E-state index is 3.00. The Balaban J connectivity index is -0.0000000133. The number of hydrogen-bond donors (Lipinski definition) is 0. The SMILES string of the molecule is C=C.C=C.[Ag]. The zero-order valence-corrected chi connectivity index (χ0v) is 4.61. The van der Waals surface area contributed by atoms with E-state index in [1.165, 1.54) is 0 Å². The fourth-order valence-corrected chi connectivity index (χ4v) is 0. The van der Waals surface area contributed by atoms with Crippen LogP contribution in [0.2, 0.25) is 0 Å². The van der Waals surface area contributed by atoms with Gasteiger partial charge in [-0.25, -0.2) is 0 Å². The van der Waals surface area contributed by atoms with Crippen molar-refractivity contribution in [3.8, 4) is 0 Å². The maximum absolute atomic E-state index is 3.00. The van der Waals surface area contributed by atoms with Gasteiger partial charge >= 0.3 is 0 Å². The molecule has 5 heavy (non-hydrogen) atoms. The van der Waals surface area contributed by atoms with Crippen molar-refractivity contribution in [3.05, 3.63) is 26.3 Å². The fourth-order valence-electron chi connectivity index (χ4n) is 0. The Morgan fingerprint density at radius 1 is 0.600 bits per heavy atom. The van der Waals surface area contributed by atoms with Gasteiger partial charge in [0.1, 0.15) is 0 Å². The molecule has 0 atom stereocenters. The Labute approximate surface area is 49.1 Å². The van der Waals surface area contributed by atoms with E-state index in [0.29, 0.717) is 0 Å². The van der Waals surface area contributed by atoms with Crippen LogP contribution in [0.1, 0.15) is 0 Å². The molecule has 0 nitrogen and oxygen atoms in total. The predicted molar refractivity (Wildman–Crippen MR) is 22.5 cm³/mol. The van der Waals surface area contributed by atoms with Crippen LogP contribution in [0.4, 0.5) is 0 Å². The molecule has 0 aliphatic heterocycles. The Hall–Kier alpha value is 0.220. The first kappa shape index (κ1) is 18.9. The molecule has 0 saturated carbocycles. The monoisotopic (exact) mass is 163 g/mol. The minimum Gasteiger partial charge on any atom is -0.106 e. The molecule has 0 aromatic rings. The van der Waals surface area contributed by atoms with Crippen molar-refractivity contribution in [1.29, 1.82) is 0 Å². The molecular weight excluding hydrogens is 156 g/mol. The summed E-state index contributed by atoms with van der Waals surface area (Å²) in [5, 5.41) is 0. The van der Waals surface area contributed by atoms with Gasteiger partial charge in [-0.1, -0.05) is 0 Å². The second-order valence-corrected chi connectivity index (χ2v) is 0. The Morgan fingerprint density at radius 2 is 0.600 bits per heavy atom. The van der Waals surface area contributed by atoms with Crippen LogP contribution in [0.5, 0.6) is 0 Å². The van der Waals surface area contributed by atoms with E-state index in [1.807, 2.05) is 0 Å². The summed E-state index contributed by atoms with van der Waals surface area (Å²) < 4.78 is 0. The van der Waals surface area contributed by atoms with Crippen LogP contribution >= 0.6 is 0 Å². The van der Waals surface area contributed by atoms with Gasteiger partial charge in [0.2, 0.25) is 0 Å². The molecule has 1 radical (unpaired) electrons. The molecule has 0 spiro atoms. The van der Waals surface area contributed by atoms with Crippen LogP contribution in [0.3, 0.4) is 0 Å². The molecule has 0 aliphatic carbocycles. The Bertz CT molecular complexity index is 5.61. The van der Waals surface area contributed by atoms with Crippen LogP contribution in [0, 0.1) is 0 Å². The average molecular weight is 164 g/mol. The quantitative estimate of drug-likeness (QED) is 0.376. The summed E-state index contributed by atoms with van der Waals surface area (Å²) in [5.74, 6) is 0. The second kappa shape index (κ2) is 902. The van der Waals surface area contributed by atoms with Gasteiger partial charge in [0.15, 0.2) is 0 Å². The minimum absolute atomic E-state index is 0. The molecule has 0 aromatic heterocycles. The van der Waals surface area contributed by atoms with E-state index in [9.17, 15) is 0 Å². The molecule has 0 bridgehead atoms. The summed E-state index contributed by atoms with van der Waals surface area (Å²) in [7, 11) is 0. The van der Waals surface area contributed by atoms with Crippen LogP contribution in [0.25, 0.3) is 0 Å². The largest absolute Gasteiger partial charge is 0.106 e. The summed E-state index contributed by atoms with van der Waals surface area (Å²) in [6.45, 7) is 12.0. The fraction of sp³-hybridized carbons (Fsp3) is 0. The first-order chi connectivity index (χ1) is 2.00. The molecule has 0 heterocycles. The average Bonchev–Trinajstić information content (AvgIpc) is 1.50. The zero-order chi connectivity index (χ0) is 4.00. The number of rotatable bonds is 0. The summed E-state index contributed by atoms with van der Waals surface area (Å²) in [6.07, 6.45) is 0. The standard InChI is InChI=1S/2C2H4.Ag/c2*1-2;/h2*1-2H2;. The van der Waals surface area contributed by atoms with Crippen molar-refractivity contribution in [2.45, 2.75) is 0 Å². The summed E-state index contributed by atoms with van der Waals surface area (Å²) in [5.41, 5.74) is 0. The molecule has 0 amide bonds. The van der Waals surface area contributed by atoms with Gasteiger partial charge in [-0.3, -0.25) is 0 Å². The Morgan fingerprint density at radius 3 is 0.600 bits per heavy atom. The van der Waals surface area contributed by atoms with Crippen LogP contribution in [-0.2, 0) is 22.4 Å². The smallest absolute Gasteiger partial charge is 0 e. The van der Waals surface area contributed by atoms with Crippen molar-refractivity contribution in [2.24, 2.45) is 0 Å². The van der Waals surface area contributed by atoms with E-state index in [1.54, 1.807) is 0 Å². The third kappa shape index (κ3) is 429. The third-order valence-corrected chi connectivity index (χ3v) is 0. The van der Waals surface area contributed by atoms with Gasteiger partial charge in [0, 0.05) is 22.4 Å².